The number of hydrogen-bond acceptors (Lipinski definition) is 3. The standard InChI is InChI=1S/C14H27N5O/c1-4-6-16-14(15-5-2)17-7-8-18-9-11-19(12-10-18)13(3)20/h4H,1,5-12H2,2-3H3,(H2,15,16,17). The summed E-state index contributed by atoms with van der Waals surface area (Å²) < 4.78 is 0. The van der Waals surface area contributed by atoms with Crippen molar-refractivity contribution in [3.05, 3.63) is 12.7 Å². The van der Waals surface area contributed by atoms with E-state index in [1.807, 2.05) is 17.9 Å². The molecule has 1 fully saturated rings. The van der Waals surface area contributed by atoms with Crippen molar-refractivity contribution < 1.29 is 4.79 Å². The van der Waals surface area contributed by atoms with Gasteiger partial charge in [-0.3, -0.25) is 14.7 Å². The fourth-order valence-electron chi connectivity index (χ4n) is 2.10. The zero-order valence-electron chi connectivity index (χ0n) is 12.7. The van der Waals surface area contributed by atoms with Crippen LogP contribution in [0.3, 0.4) is 0 Å². The number of aliphatic imine (C=N–C) groups is 1. The van der Waals surface area contributed by atoms with Gasteiger partial charge in [-0.1, -0.05) is 6.08 Å². The number of rotatable bonds is 6. The summed E-state index contributed by atoms with van der Waals surface area (Å²) >= 11 is 0. The second-order valence-electron chi connectivity index (χ2n) is 4.78. The van der Waals surface area contributed by atoms with Gasteiger partial charge in [-0.15, -0.1) is 6.58 Å². The Hall–Kier alpha value is -1.56. The van der Waals surface area contributed by atoms with E-state index >= 15 is 0 Å². The largest absolute Gasteiger partial charge is 0.357 e. The van der Waals surface area contributed by atoms with E-state index in [1.54, 1.807) is 6.92 Å². The number of hydrogen-bond donors (Lipinski definition) is 2. The van der Waals surface area contributed by atoms with Crippen LogP contribution < -0.4 is 10.6 Å². The summed E-state index contributed by atoms with van der Waals surface area (Å²) in [6.07, 6.45) is 1.81. The van der Waals surface area contributed by atoms with Crippen LogP contribution in [-0.4, -0.2) is 74.0 Å². The summed E-state index contributed by atoms with van der Waals surface area (Å²) in [5, 5.41) is 6.38. The van der Waals surface area contributed by atoms with Crippen LogP contribution in [0.5, 0.6) is 0 Å². The van der Waals surface area contributed by atoms with Crippen molar-refractivity contribution in [3.8, 4) is 0 Å². The monoisotopic (exact) mass is 281 g/mol. The lowest BCUT2D eigenvalue weighted by molar-refractivity contribution is -0.130. The lowest BCUT2D eigenvalue weighted by atomic mass is 10.3. The van der Waals surface area contributed by atoms with Crippen LogP contribution in [0.4, 0.5) is 0 Å². The van der Waals surface area contributed by atoms with Crippen LogP contribution in [0.2, 0.25) is 0 Å². The van der Waals surface area contributed by atoms with Gasteiger partial charge >= 0.3 is 0 Å². The molecule has 6 nitrogen and oxygen atoms in total. The molecular formula is C14H27N5O. The highest BCUT2D eigenvalue weighted by Crippen LogP contribution is 2.01. The van der Waals surface area contributed by atoms with Crippen LogP contribution in [0.1, 0.15) is 13.8 Å². The van der Waals surface area contributed by atoms with Crippen LogP contribution in [-0.2, 0) is 4.79 Å². The topological polar surface area (TPSA) is 60.0 Å². The molecule has 20 heavy (non-hydrogen) atoms. The summed E-state index contributed by atoms with van der Waals surface area (Å²) in [7, 11) is 0. The Labute approximate surface area is 121 Å². The van der Waals surface area contributed by atoms with Crippen molar-refractivity contribution in [2.75, 3.05) is 52.4 Å². The fourth-order valence-corrected chi connectivity index (χ4v) is 2.10. The predicted molar refractivity (Wildman–Crippen MR) is 82.9 cm³/mol. The number of carbonyl (C=O) groups excluding carboxylic acids is 1. The molecule has 0 atom stereocenters. The number of amides is 1. The van der Waals surface area contributed by atoms with Gasteiger partial charge in [-0.2, -0.15) is 0 Å². The number of nitrogens with one attached hydrogen (secondary N) is 2. The molecule has 1 amide bonds. The SMILES string of the molecule is C=CCNC(=NCCN1CCN(C(C)=O)CC1)NCC. The number of guanidine groups is 1. The van der Waals surface area contributed by atoms with Crippen molar-refractivity contribution in [2.24, 2.45) is 4.99 Å². The van der Waals surface area contributed by atoms with E-state index in [0.717, 1.165) is 51.8 Å². The molecule has 0 spiro atoms. The molecule has 1 aliphatic rings. The molecule has 1 saturated heterocycles. The molecule has 0 unspecified atom stereocenters. The van der Waals surface area contributed by atoms with Crippen LogP contribution in [0.15, 0.2) is 17.6 Å². The minimum atomic E-state index is 0.172. The number of nitrogens with zero attached hydrogens (tertiary/aromatic N) is 3. The highest BCUT2D eigenvalue weighted by Gasteiger charge is 2.17. The van der Waals surface area contributed by atoms with Crippen LogP contribution >= 0.6 is 0 Å². The molecule has 0 bridgehead atoms. The molecule has 1 aliphatic heterocycles. The lowest BCUT2D eigenvalue weighted by Crippen LogP contribution is -2.48. The molecule has 1 heterocycles. The average Bonchev–Trinajstić information content (AvgIpc) is 2.45. The van der Waals surface area contributed by atoms with Crippen LogP contribution in [0, 0.1) is 0 Å². The third kappa shape index (κ3) is 6.06. The minimum Gasteiger partial charge on any atom is -0.357 e. The summed E-state index contributed by atoms with van der Waals surface area (Å²) in [6, 6.07) is 0. The summed E-state index contributed by atoms with van der Waals surface area (Å²) in [4.78, 5) is 20.0. The molecule has 0 aliphatic carbocycles. The van der Waals surface area contributed by atoms with Gasteiger partial charge in [-0.25, -0.2) is 0 Å². The first-order valence-electron chi connectivity index (χ1n) is 7.28. The molecule has 1 rings (SSSR count). The normalized spacial score (nSPS) is 16.9. The first-order valence-corrected chi connectivity index (χ1v) is 7.28. The van der Waals surface area contributed by atoms with Gasteiger partial charge in [0.2, 0.25) is 5.91 Å². The zero-order chi connectivity index (χ0) is 14.8. The maximum atomic E-state index is 11.2. The van der Waals surface area contributed by atoms with E-state index in [0.29, 0.717) is 6.54 Å². The Bertz CT molecular complexity index is 334. The first-order chi connectivity index (χ1) is 9.67. The third-order valence-electron chi connectivity index (χ3n) is 3.26. The van der Waals surface area contributed by atoms with Gasteiger partial charge < -0.3 is 15.5 Å². The van der Waals surface area contributed by atoms with Gasteiger partial charge in [0.05, 0.1) is 6.54 Å². The Morgan fingerprint density at radius 2 is 2.00 bits per heavy atom. The molecule has 2 N–H and O–H groups in total. The molecular weight excluding hydrogens is 254 g/mol. The number of piperazine rings is 1. The van der Waals surface area contributed by atoms with Gasteiger partial charge in [-0.05, 0) is 6.92 Å². The molecule has 114 valence electrons. The van der Waals surface area contributed by atoms with Crippen molar-refractivity contribution in [1.29, 1.82) is 0 Å². The summed E-state index contributed by atoms with van der Waals surface area (Å²) in [5.74, 6) is 1.00. The highest BCUT2D eigenvalue weighted by atomic mass is 16.2. The highest BCUT2D eigenvalue weighted by molar-refractivity contribution is 5.79. The van der Waals surface area contributed by atoms with Crippen LogP contribution in [0.25, 0.3) is 0 Å². The van der Waals surface area contributed by atoms with E-state index in [1.165, 1.54) is 0 Å². The van der Waals surface area contributed by atoms with Gasteiger partial charge in [0.25, 0.3) is 0 Å². The Morgan fingerprint density at radius 1 is 1.30 bits per heavy atom. The lowest BCUT2D eigenvalue weighted by Gasteiger charge is -2.33. The molecule has 0 aromatic carbocycles. The van der Waals surface area contributed by atoms with E-state index in [4.69, 9.17) is 0 Å². The Morgan fingerprint density at radius 3 is 2.55 bits per heavy atom. The fraction of sp³-hybridized carbons (Fsp3) is 0.714. The molecule has 0 saturated carbocycles. The Kier molecular flexibility index (Phi) is 7.72. The summed E-state index contributed by atoms with van der Waals surface area (Å²) in [5.41, 5.74) is 0. The predicted octanol–water partition coefficient (Wildman–Crippen LogP) is -0.108. The minimum absolute atomic E-state index is 0.172. The third-order valence-corrected chi connectivity index (χ3v) is 3.26. The maximum Gasteiger partial charge on any atom is 0.219 e. The second kappa shape index (κ2) is 9.36. The van der Waals surface area contributed by atoms with Gasteiger partial charge in [0, 0.05) is 52.7 Å². The van der Waals surface area contributed by atoms with Crippen molar-refractivity contribution in [3.63, 3.8) is 0 Å². The van der Waals surface area contributed by atoms with Crippen molar-refractivity contribution in [2.45, 2.75) is 13.8 Å². The first kappa shape index (κ1) is 16.5. The van der Waals surface area contributed by atoms with Gasteiger partial charge in [0.15, 0.2) is 5.96 Å². The smallest absolute Gasteiger partial charge is 0.219 e. The maximum absolute atomic E-state index is 11.2. The molecule has 0 radical (unpaired) electrons. The summed E-state index contributed by atoms with van der Waals surface area (Å²) in [6.45, 7) is 14.1. The molecule has 0 aromatic heterocycles. The molecule has 6 heteroatoms. The van der Waals surface area contributed by atoms with E-state index in [9.17, 15) is 4.79 Å². The Balaban J connectivity index is 2.28. The van der Waals surface area contributed by atoms with E-state index < -0.39 is 0 Å². The average molecular weight is 281 g/mol. The van der Waals surface area contributed by atoms with Crippen molar-refractivity contribution in [1.82, 2.24) is 20.4 Å². The van der Waals surface area contributed by atoms with Crippen molar-refractivity contribution >= 4 is 11.9 Å². The second-order valence-corrected chi connectivity index (χ2v) is 4.78. The van der Waals surface area contributed by atoms with E-state index in [-0.39, 0.29) is 5.91 Å². The van der Waals surface area contributed by atoms with Gasteiger partial charge in [0.1, 0.15) is 0 Å². The number of carbonyl (C=O) groups is 1. The quantitative estimate of drug-likeness (QED) is 0.405. The zero-order valence-corrected chi connectivity index (χ0v) is 12.7. The molecule has 0 aromatic rings. The van der Waals surface area contributed by atoms with E-state index in [2.05, 4.69) is 27.1 Å².